The molecular formula is C9H14N2O2. The molecular weight excluding hydrogens is 168 g/mol. The van der Waals surface area contributed by atoms with Crippen molar-refractivity contribution in [3.8, 4) is 6.07 Å². The highest BCUT2D eigenvalue weighted by molar-refractivity contribution is 5.69. The van der Waals surface area contributed by atoms with Crippen molar-refractivity contribution in [3.05, 3.63) is 0 Å². The molecule has 1 aliphatic rings. The van der Waals surface area contributed by atoms with Crippen LogP contribution in [-0.2, 0) is 4.79 Å². The maximum Gasteiger partial charge on any atom is 0.317 e. The number of hydrogen-bond donors (Lipinski definition) is 1. The zero-order valence-corrected chi connectivity index (χ0v) is 7.73. The number of aliphatic carboxylic acids is 1. The predicted molar refractivity (Wildman–Crippen MR) is 47.0 cm³/mol. The summed E-state index contributed by atoms with van der Waals surface area (Å²) in [5.74, 6) is -0.238. The van der Waals surface area contributed by atoms with Gasteiger partial charge >= 0.3 is 5.97 Å². The van der Waals surface area contributed by atoms with Gasteiger partial charge in [-0.3, -0.25) is 9.69 Å². The Morgan fingerprint density at radius 2 is 2.38 bits per heavy atom. The van der Waals surface area contributed by atoms with E-state index in [0.717, 1.165) is 6.54 Å². The lowest BCUT2D eigenvalue weighted by atomic mass is 10.2. The van der Waals surface area contributed by atoms with Crippen molar-refractivity contribution in [2.45, 2.75) is 25.8 Å². The van der Waals surface area contributed by atoms with Crippen LogP contribution >= 0.6 is 0 Å². The van der Waals surface area contributed by atoms with Crippen LogP contribution in [0.5, 0.6) is 0 Å². The molecule has 1 rings (SSSR count). The van der Waals surface area contributed by atoms with Crippen LogP contribution in [-0.4, -0.2) is 35.1 Å². The van der Waals surface area contributed by atoms with E-state index in [1.54, 1.807) is 11.8 Å². The summed E-state index contributed by atoms with van der Waals surface area (Å²) in [6.07, 6.45) is 2.35. The van der Waals surface area contributed by atoms with Gasteiger partial charge in [0.15, 0.2) is 0 Å². The molecule has 0 aliphatic heterocycles. The first-order valence-electron chi connectivity index (χ1n) is 4.49. The van der Waals surface area contributed by atoms with E-state index in [1.165, 1.54) is 12.8 Å². The Morgan fingerprint density at radius 3 is 2.77 bits per heavy atom. The summed E-state index contributed by atoms with van der Waals surface area (Å²) in [5.41, 5.74) is 0. The van der Waals surface area contributed by atoms with Gasteiger partial charge in [0, 0.05) is 6.54 Å². The van der Waals surface area contributed by atoms with Crippen molar-refractivity contribution < 1.29 is 9.90 Å². The van der Waals surface area contributed by atoms with Gasteiger partial charge in [-0.2, -0.15) is 5.26 Å². The number of carbonyl (C=O) groups is 1. The predicted octanol–water partition coefficient (Wildman–Crippen LogP) is 0.695. The molecule has 1 atom stereocenters. The summed E-state index contributed by atoms with van der Waals surface area (Å²) >= 11 is 0. The van der Waals surface area contributed by atoms with Gasteiger partial charge in [0.2, 0.25) is 0 Å². The monoisotopic (exact) mass is 182 g/mol. The smallest absolute Gasteiger partial charge is 0.317 e. The average molecular weight is 182 g/mol. The minimum Gasteiger partial charge on any atom is -0.480 e. The molecule has 0 bridgehead atoms. The van der Waals surface area contributed by atoms with Crippen LogP contribution in [0.2, 0.25) is 0 Å². The Balaban J connectivity index is 2.42. The Hall–Kier alpha value is -1.08. The van der Waals surface area contributed by atoms with Crippen LogP contribution < -0.4 is 0 Å². The fraction of sp³-hybridized carbons (Fsp3) is 0.778. The number of carboxylic acids is 1. The van der Waals surface area contributed by atoms with Gasteiger partial charge in [-0.05, 0) is 25.7 Å². The summed E-state index contributed by atoms with van der Waals surface area (Å²) in [6.45, 7) is 2.47. The summed E-state index contributed by atoms with van der Waals surface area (Å²) in [7, 11) is 0. The lowest BCUT2D eigenvalue weighted by Gasteiger charge is -2.21. The number of carboxylic acid groups (broad SMARTS) is 1. The van der Waals surface area contributed by atoms with E-state index in [-0.39, 0.29) is 12.6 Å². The minimum atomic E-state index is -0.859. The van der Waals surface area contributed by atoms with Gasteiger partial charge in [-0.15, -0.1) is 0 Å². The quantitative estimate of drug-likeness (QED) is 0.679. The largest absolute Gasteiger partial charge is 0.480 e. The molecule has 0 amide bonds. The third-order valence-electron chi connectivity index (χ3n) is 2.26. The topological polar surface area (TPSA) is 64.3 Å². The number of nitriles is 1. The molecule has 0 saturated heterocycles. The third kappa shape index (κ3) is 3.43. The Kier molecular flexibility index (Phi) is 3.26. The van der Waals surface area contributed by atoms with Crippen LogP contribution in [0.1, 0.15) is 19.8 Å². The third-order valence-corrected chi connectivity index (χ3v) is 2.26. The van der Waals surface area contributed by atoms with Gasteiger partial charge in [0.25, 0.3) is 0 Å². The molecule has 1 N–H and O–H groups in total. The molecule has 0 aromatic rings. The van der Waals surface area contributed by atoms with Crippen LogP contribution in [0.3, 0.4) is 0 Å². The van der Waals surface area contributed by atoms with E-state index in [2.05, 4.69) is 6.07 Å². The van der Waals surface area contributed by atoms with E-state index in [9.17, 15) is 4.79 Å². The lowest BCUT2D eigenvalue weighted by Crippen LogP contribution is -2.38. The SMILES string of the molecule is CC(C#N)N(CC(=O)O)CC1CC1. The summed E-state index contributed by atoms with van der Waals surface area (Å²) < 4.78 is 0. The molecule has 1 aliphatic carbocycles. The van der Waals surface area contributed by atoms with Gasteiger partial charge < -0.3 is 5.11 Å². The van der Waals surface area contributed by atoms with Crippen molar-refractivity contribution in [1.82, 2.24) is 4.90 Å². The first-order chi connectivity index (χ1) is 6.13. The van der Waals surface area contributed by atoms with Crippen LogP contribution in [0, 0.1) is 17.2 Å². The molecule has 72 valence electrons. The molecule has 0 aromatic heterocycles. The maximum absolute atomic E-state index is 10.5. The van der Waals surface area contributed by atoms with Gasteiger partial charge in [0.1, 0.15) is 0 Å². The van der Waals surface area contributed by atoms with E-state index >= 15 is 0 Å². The van der Waals surface area contributed by atoms with E-state index in [1.807, 2.05) is 0 Å². The van der Waals surface area contributed by atoms with Crippen molar-refractivity contribution in [2.75, 3.05) is 13.1 Å². The highest BCUT2D eigenvalue weighted by Crippen LogP contribution is 2.30. The maximum atomic E-state index is 10.5. The summed E-state index contributed by atoms with van der Waals surface area (Å²) in [5, 5.41) is 17.3. The first kappa shape index (κ1) is 10.0. The van der Waals surface area contributed by atoms with Crippen LogP contribution in [0.15, 0.2) is 0 Å². The van der Waals surface area contributed by atoms with E-state index < -0.39 is 5.97 Å². The van der Waals surface area contributed by atoms with E-state index in [0.29, 0.717) is 5.92 Å². The molecule has 0 heterocycles. The standard InChI is InChI=1S/C9H14N2O2/c1-7(4-10)11(6-9(12)13)5-8-2-3-8/h7-8H,2-3,5-6H2,1H3,(H,12,13). The molecule has 0 aromatic carbocycles. The van der Waals surface area contributed by atoms with Crippen molar-refractivity contribution in [2.24, 2.45) is 5.92 Å². The molecule has 0 spiro atoms. The number of nitrogens with zero attached hydrogens (tertiary/aromatic N) is 2. The lowest BCUT2D eigenvalue weighted by molar-refractivity contribution is -0.138. The Morgan fingerprint density at radius 1 is 1.77 bits per heavy atom. The van der Waals surface area contributed by atoms with Crippen LogP contribution in [0.4, 0.5) is 0 Å². The van der Waals surface area contributed by atoms with Crippen molar-refractivity contribution in [3.63, 3.8) is 0 Å². The normalized spacial score (nSPS) is 18.2. The zero-order valence-electron chi connectivity index (χ0n) is 7.73. The second kappa shape index (κ2) is 4.24. The van der Waals surface area contributed by atoms with Gasteiger partial charge in [-0.25, -0.2) is 0 Å². The van der Waals surface area contributed by atoms with Gasteiger partial charge in [-0.1, -0.05) is 0 Å². The Labute approximate surface area is 77.8 Å². The zero-order chi connectivity index (χ0) is 9.84. The second-order valence-electron chi connectivity index (χ2n) is 3.57. The highest BCUT2D eigenvalue weighted by atomic mass is 16.4. The minimum absolute atomic E-state index is 0.0226. The molecule has 13 heavy (non-hydrogen) atoms. The first-order valence-corrected chi connectivity index (χ1v) is 4.49. The molecule has 1 fully saturated rings. The van der Waals surface area contributed by atoms with E-state index in [4.69, 9.17) is 10.4 Å². The number of rotatable bonds is 5. The fourth-order valence-electron chi connectivity index (χ4n) is 1.25. The Bertz CT molecular complexity index is 230. The molecule has 4 heteroatoms. The number of hydrogen-bond acceptors (Lipinski definition) is 3. The summed E-state index contributed by atoms with van der Waals surface area (Å²) in [4.78, 5) is 12.2. The summed E-state index contributed by atoms with van der Waals surface area (Å²) in [6, 6.07) is 1.77. The molecule has 4 nitrogen and oxygen atoms in total. The molecule has 1 unspecified atom stereocenters. The molecule has 0 radical (unpaired) electrons. The molecule has 1 saturated carbocycles. The fourth-order valence-corrected chi connectivity index (χ4v) is 1.25. The highest BCUT2D eigenvalue weighted by Gasteiger charge is 2.27. The average Bonchev–Trinajstić information content (AvgIpc) is 2.85. The van der Waals surface area contributed by atoms with Crippen molar-refractivity contribution in [1.29, 1.82) is 5.26 Å². The second-order valence-corrected chi connectivity index (χ2v) is 3.57. The van der Waals surface area contributed by atoms with Gasteiger partial charge in [0.05, 0.1) is 18.7 Å². The van der Waals surface area contributed by atoms with Crippen molar-refractivity contribution >= 4 is 5.97 Å². The van der Waals surface area contributed by atoms with Crippen LogP contribution in [0.25, 0.3) is 0 Å².